The molecule has 0 spiro atoms. The summed E-state index contributed by atoms with van der Waals surface area (Å²) in [6.45, 7) is 1.96. The molecule has 1 saturated heterocycles. The highest BCUT2D eigenvalue weighted by Gasteiger charge is 2.24. The van der Waals surface area contributed by atoms with Gasteiger partial charge in [-0.25, -0.2) is 9.18 Å². The fourth-order valence-electron chi connectivity index (χ4n) is 2.64. The van der Waals surface area contributed by atoms with Crippen LogP contribution in [0.25, 0.3) is 0 Å². The van der Waals surface area contributed by atoms with Crippen LogP contribution in [-0.4, -0.2) is 49.2 Å². The second-order valence-corrected chi connectivity index (χ2v) is 5.14. The first-order valence-corrected chi connectivity index (χ1v) is 6.43. The lowest BCUT2D eigenvalue weighted by molar-refractivity contribution is 0.0697. The Balaban J connectivity index is 2.27. The first-order valence-electron chi connectivity index (χ1n) is 6.43. The number of hydrogen-bond donors (Lipinski definition) is 1. The number of piperidine rings is 1. The van der Waals surface area contributed by atoms with Gasteiger partial charge in [0.1, 0.15) is 5.82 Å². The summed E-state index contributed by atoms with van der Waals surface area (Å²) in [6.07, 6.45) is 2.12. The topological polar surface area (TPSA) is 43.8 Å². The number of benzene rings is 1. The summed E-state index contributed by atoms with van der Waals surface area (Å²) in [5, 5.41) is 9.19. The van der Waals surface area contributed by atoms with Crippen molar-refractivity contribution in [2.75, 3.05) is 32.1 Å². The fourth-order valence-corrected chi connectivity index (χ4v) is 2.64. The van der Waals surface area contributed by atoms with Gasteiger partial charge in [0.2, 0.25) is 0 Å². The third kappa shape index (κ3) is 3.04. The predicted molar refractivity (Wildman–Crippen MR) is 72.3 cm³/mol. The molecule has 1 unspecified atom stereocenters. The molecule has 1 aliphatic rings. The number of aromatic carboxylic acids is 1. The second-order valence-electron chi connectivity index (χ2n) is 5.14. The summed E-state index contributed by atoms with van der Waals surface area (Å²) >= 11 is 0. The smallest absolute Gasteiger partial charge is 0.337 e. The van der Waals surface area contributed by atoms with Crippen molar-refractivity contribution in [3.05, 3.63) is 29.6 Å². The summed E-state index contributed by atoms with van der Waals surface area (Å²) in [5.41, 5.74) is 0.602. The molecule has 2 rings (SSSR count). The Labute approximate surface area is 112 Å². The Morgan fingerprint density at radius 3 is 2.89 bits per heavy atom. The molecule has 1 heterocycles. The van der Waals surface area contributed by atoms with Crippen LogP contribution in [0.5, 0.6) is 0 Å². The van der Waals surface area contributed by atoms with E-state index in [0.29, 0.717) is 5.69 Å². The highest BCUT2D eigenvalue weighted by Crippen LogP contribution is 2.25. The molecule has 1 fully saturated rings. The molecule has 1 aromatic carbocycles. The van der Waals surface area contributed by atoms with E-state index in [4.69, 9.17) is 0 Å². The van der Waals surface area contributed by atoms with Gasteiger partial charge in [-0.05, 0) is 44.6 Å². The highest BCUT2D eigenvalue weighted by molar-refractivity contribution is 5.94. The first kappa shape index (κ1) is 13.8. The van der Waals surface area contributed by atoms with Gasteiger partial charge < -0.3 is 14.9 Å². The Bertz CT molecular complexity index is 479. The largest absolute Gasteiger partial charge is 0.478 e. The third-order valence-electron chi connectivity index (χ3n) is 3.72. The molecule has 1 aromatic rings. The van der Waals surface area contributed by atoms with Crippen molar-refractivity contribution >= 4 is 11.7 Å². The maximum absolute atomic E-state index is 13.2. The van der Waals surface area contributed by atoms with E-state index in [1.54, 1.807) is 6.07 Å². The Kier molecular flexibility index (Phi) is 4.04. The standard InChI is InChI=1S/C14H19FN2O2/c1-16-7-3-4-11(9-16)17(2)13-6-5-10(15)8-12(13)14(18)19/h5-6,8,11H,3-4,7,9H2,1-2H3,(H,18,19). The van der Waals surface area contributed by atoms with Crippen LogP contribution in [0.15, 0.2) is 18.2 Å². The first-order chi connectivity index (χ1) is 8.99. The summed E-state index contributed by atoms with van der Waals surface area (Å²) in [7, 11) is 3.94. The number of hydrogen-bond acceptors (Lipinski definition) is 3. The minimum Gasteiger partial charge on any atom is -0.478 e. The number of likely N-dealkylation sites (N-methyl/N-ethyl adjacent to an activating group) is 2. The number of carboxylic acids is 1. The van der Waals surface area contributed by atoms with Gasteiger partial charge in [0, 0.05) is 19.6 Å². The molecule has 1 atom stereocenters. The van der Waals surface area contributed by atoms with E-state index in [2.05, 4.69) is 11.9 Å². The van der Waals surface area contributed by atoms with Crippen molar-refractivity contribution in [3.63, 3.8) is 0 Å². The zero-order valence-corrected chi connectivity index (χ0v) is 11.3. The van der Waals surface area contributed by atoms with Crippen molar-refractivity contribution in [3.8, 4) is 0 Å². The van der Waals surface area contributed by atoms with E-state index in [0.717, 1.165) is 32.0 Å². The number of likely N-dealkylation sites (tertiary alicyclic amines) is 1. The number of rotatable bonds is 3. The van der Waals surface area contributed by atoms with Crippen molar-refractivity contribution in [1.29, 1.82) is 0 Å². The molecule has 0 aliphatic carbocycles. The van der Waals surface area contributed by atoms with Crippen molar-refractivity contribution in [1.82, 2.24) is 4.90 Å². The summed E-state index contributed by atoms with van der Waals surface area (Å²) in [4.78, 5) is 15.4. The molecular weight excluding hydrogens is 247 g/mol. The van der Waals surface area contributed by atoms with Crippen LogP contribution in [0.1, 0.15) is 23.2 Å². The van der Waals surface area contributed by atoms with E-state index in [1.165, 1.54) is 6.07 Å². The summed E-state index contributed by atoms with van der Waals surface area (Å²) in [5.74, 6) is -1.61. The van der Waals surface area contributed by atoms with Gasteiger partial charge >= 0.3 is 5.97 Å². The van der Waals surface area contributed by atoms with E-state index >= 15 is 0 Å². The minimum atomic E-state index is -1.09. The van der Waals surface area contributed by atoms with Crippen molar-refractivity contribution < 1.29 is 14.3 Å². The zero-order valence-electron chi connectivity index (χ0n) is 11.3. The number of carboxylic acid groups (broad SMARTS) is 1. The minimum absolute atomic E-state index is 0.0238. The number of anilines is 1. The lowest BCUT2D eigenvalue weighted by Crippen LogP contribution is -2.45. The molecule has 104 valence electrons. The van der Waals surface area contributed by atoms with Crippen LogP contribution in [0.3, 0.4) is 0 Å². The van der Waals surface area contributed by atoms with E-state index in [-0.39, 0.29) is 11.6 Å². The summed E-state index contributed by atoms with van der Waals surface area (Å²) in [6, 6.07) is 4.21. The highest BCUT2D eigenvalue weighted by atomic mass is 19.1. The monoisotopic (exact) mass is 266 g/mol. The van der Waals surface area contributed by atoms with Gasteiger partial charge in [-0.15, -0.1) is 0 Å². The lowest BCUT2D eigenvalue weighted by Gasteiger charge is -2.37. The zero-order chi connectivity index (χ0) is 14.0. The summed E-state index contributed by atoms with van der Waals surface area (Å²) < 4.78 is 13.2. The van der Waals surface area contributed by atoms with E-state index in [9.17, 15) is 14.3 Å². The van der Waals surface area contributed by atoms with Gasteiger partial charge in [0.05, 0.1) is 11.3 Å². The molecule has 0 saturated carbocycles. The Hall–Kier alpha value is -1.62. The average Bonchev–Trinajstić information content (AvgIpc) is 2.37. The van der Waals surface area contributed by atoms with Gasteiger partial charge in [0.15, 0.2) is 0 Å². The van der Waals surface area contributed by atoms with E-state index < -0.39 is 11.8 Å². The Morgan fingerprint density at radius 1 is 1.53 bits per heavy atom. The van der Waals surface area contributed by atoms with Crippen molar-refractivity contribution in [2.45, 2.75) is 18.9 Å². The number of nitrogens with zero attached hydrogens (tertiary/aromatic N) is 2. The quantitative estimate of drug-likeness (QED) is 0.909. The molecule has 0 aromatic heterocycles. The van der Waals surface area contributed by atoms with Gasteiger partial charge in [-0.2, -0.15) is 0 Å². The molecule has 5 heteroatoms. The Morgan fingerprint density at radius 2 is 2.26 bits per heavy atom. The number of carbonyl (C=O) groups is 1. The SMILES string of the molecule is CN1CCCC(N(C)c2ccc(F)cc2C(=O)O)C1. The maximum atomic E-state index is 13.2. The predicted octanol–water partition coefficient (Wildman–Crippen LogP) is 2.05. The van der Waals surface area contributed by atoms with Gasteiger partial charge in [-0.3, -0.25) is 0 Å². The molecule has 0 amide bonds. The van der Waals surface area contributed by atoms with Crippen LogP contribution in [0, 0.1) is 5.82 Å². The molecule has 0 radical (unpaired) electrons. The molecule has 19 heavy (non-hydrogen) atoms. The van der Waals surface area contributed by atoms with E-state index in [1.807, 2.05) is 11.9 Å². The second kappa shape index (κ2) is 5.57. The molecule has 0 bridgehead atoms. The van der Waals surface area contributed by atoms with Crippen LogP contribution in [0.4, 0.5) is 10.1 Å². The normalized spacial score (nSPS) is 20.3. The number of halogens is 1. The van der Waals surface area contributed by atoms with Crippen LogP contribution >= 0.6 is 0 Å². The lowest BCUT2D eigenvalue weighted by atomic mass is 10.0. The van der Waals surface area contributed by atoms with Crippen molar-refractivity contribution in [2.24, 2.45) is 0 Å². The van der Waals surface area contributed by atoms with Gasteiger partial charge in [-0.1, -0.05) is 0 Å². The maximum Gasteiger partial charge on any atom is 0.337 e. The fraction of sp³-hybridized carbons (Fsp3) is 0.500. The molecular formula is C14H19FN2O2. The van der Waals surface area contributed by atoms with Crippen LogP contribution < -0.4 is 4.90 Å². The molecule has 1 aliphatic heterocycles. The molecule has 1 N–H and O–H groups in total. The average molecular weight is 266 g/mol. The van der Waals surface area contributed by atoms with Gasteiger partial charge in [0.25, 0.3) is 0 Å². The molecule has 4 nitrogen and oxygen atoms in total. The third-order valence-corrected chi connectivity index (χ3v) is 3.72. The van der Waals surface area contributed by atoms with Crippen LogP contribution in [-0.2, 0) is 0 Å². The van der Waals surface area contributed by atoms with Crippen LogP contribution in [0.2, 0.25) is 0 Å².